The molecule has 1 heterocycles. The van der Waals surface area contributed by atoms with Crippen molar-refractivity contribution in [1.29, 1.82) is 0 Å². The zero-order valence-electron chi connectivity index (χ0n) is 10.1. The van der Waals surface area contributed by atoms with Crippen LogP contribution >= 0.6 is 0 Å². The summed E-state index contributed by atoms with van der Waals surface area (Å²) in [6.07, 6.45) is 3.78. The number of nitrogen functional groups attached to an aromatic ring is 1. The van der Waals surface area contributed by atoms with Gasteiger partial charge in [-0.2, -0.15) is 5.10 Å². The standard InChI is InChI=1S/C13H18N4/c1-2-16(9-10-17-8-4-7-15-17)13-6-3-5-12(14)11-13/h3-8,11H,2,9-10,14H2,1H3. The van der Waals surface area contributed by atoms with Gasteiger partial charge in [0.25, 0.3) is 0 Å². The van der Waals surface area contributed by atoms with Crippen molar-refractivity contribution < 1.29 is 0 Å². The maximum absolute atomic E-state index is 5.80. The summed E-state index contributed by atoms with van der Waals surface area (Å²) in [7, 11) is 0. The predicted octanol–water partition coefficient (Wildman–Crippen LogP) is 1.99. The van der Waals surface area contributed by atoms with Crippen molar-refractivity contribution in [2.75, 3.05) is 23.7 Å². The Hall–Kier alpha value is -1.97. The van der Waals surface area contributed by atoms with Gasteiger partial charge in [-0.25, -0.2) is 0 Å². The van der Waals surface area contributed by atoms with Crippen molar-refractivity contribution in [3.63, 3.8) is 0 Å². The minimum atomic E-state index is 0.806. The number of anilines is 2. The molecule has 90 valence electrons. The zero-order chi connectivity index (χ0) is 12.1. The van der Waals surface area contributed by atoms with Crippen molar-refractivity contribution in [3.8, 4) is 0 Å². The first-order valence-electron chi connectivity index (χ1n) is 5.87. The Morgan fingerprint density at radius 3 is 2.88 bits per heavy atom. The highest BCUT2D eigenvalue weighted by Gasteiger charge is 2.04. The molecule has 0 atom stereocenters. The molecule has 2 N–H and O–H groups in total. The summed E-state index contributed by atoms with van der Waals surface area (Å²) in [6.45, 7) is 4.92. The number of aromatic nitrogens is 2. The van der Waals surface area contributed by atoms with Gasteiger partial charge in [-0.3, -0.25) is 4.68 Å². The van der Waals surface area contributed by atoms with Crippen LogP contribution in [0.4, 0.5) is 11.4 Å². The quantitative estimate of drug-likeness (QED) is 0.799. The van der Waals surface area contributed by atoms with Crippen LogP contribution in [0.15, 0.2) is 42.7 Å². The smallest absolute Gasteiger partial charge is 0.0584 e. The third-order valence-corrected chi connectivity index (χ3v) is 2.78. The van der Waals surface area contributed by atoms with Crippen molar-refractivity contribution in [3.05, 3.63) is 42.7 Å². The van der Waals surface area contributed by atoms with Gasteiger partial charge in [0.15, 0.2) is 0 Å². The second-order valence-electron chi connectivity index (χ2n) is 3.94. The normalized spacial score (nSPS) is 10.4. The highest BCUT2D eigenvalue weighted by atomic mass is 15.3. The number of hydrogen-bond acceptors (Lipinski definition) is 3. The molecule has 0 aliphatic heterocycles. The van der Waals surface area contributed by atoms with Crippen molar-refractivity contribution in [2.24, 2.45) is 0 Å². The Kier molecular flexibility index (Phi) is 3.65. The Morgan fingerprint density at radius 2 is 2.24 bits per heavy atom. The van der Waals surface area contributed by atoms with E-state index in [0.29, 0.717) is 0 Å². The highest BCUT2D eigenvalue weighted by molar-refractivity contribution is 5.55. The molecule has 2 rings (SSSR count). The van der Waals surface area contributed by atoms with Gasteiger partial charge in [0.1, 0.15) is 0 Å². The molecule has 0 saturated heterocycles. The van der Waals surface area contributed by atoms with Gasteiger partial charge in [0, 0.05) is 36.9 Å². The maximum atomic E-state index is 5.80. The number of likely N-dealkylation sites (N-methyl/N-ethyl adjacent to an activating group) is 1. The van der Waals surface area contributed by atoms with Crippen LogP contribution < -0.4 is 10.6 Å². The van der Waals surface area contributed by atoms with E-state index in [4.69, 9.17) is 5.73 Å². The van der Waals surface area contributed by atoms with E-state index in [1.807, 2.05) is 35.1 Å². The van der Waals surface area contributed by atoms with Crippen molar-refractivity contribution in [1.82, 2.24) is 9.78 Å². The summed E-state index contributed by atoms with van der Waals surface area (Å²) in [6, 6.07) is 9.93. The zero-order valence-corrected chi connectivity index (χ0v) is 10.1. The van der Waals surface area contributed by atoms with Crippen molar-refractivity contribution in [2.45, 2.75) is 13.5 Å². The summed E-state index contributed by atoms with van der Waals surface area (Å²) in [5.41, 5.74) is 7.77. The molecule has 1 aromatic carbocycles. The van der Waals surface area contributed by atoms with E-state index in [0.717, 1.165) is 25.3 Å². The third-order valence-electron chi connectivity index (χ3n) is 2.78. The molecule has 0 spiro atoms. The summed E-state index contributed by atoms with van der Waals surface area (Å²) in [4.78, 5) is 2.29. The fourth-order valence-corrected chi connectivity index (χ4v) is 1.85. The second-order valence-corrected chi connectivity index (χ2v) is 3.94. The average molecular weight is 230 g/mol. The van der Waals surface area contributed by atoms with Crippen LogP contribution in [-0.2, 0) is 6.54 Å². The minimum absolute atomic E-state index is 0.806. The van der Waals surface area contributed by atoms with Crippen LogP contribution in [0, 0.1) is 0 Å². The lowest BCUT2D eigenvalue weighted by Crippen LogP contribution is -2.27. The lowest BCUT2D eigenvalue weighted by molar-refractivity contribution is 0.600. The third kappa shape index (κ3) is 3.00. The van der Waals surface area contributed by atoms with Gasteiger partial charge in [0.2, 0.25) is 0 Å². The van der Waals surface area contributed by atoms with Crippen LogP contribution in [0.2, 0.25) is 0 Å². The molecule has 0 aliphatic rings. The number of rotatable bonds is 5. The Balaban J connectivity index is 2.01. The summed E-state index contributed by atoms with van der Waals surface area (Å²) < 4.78 is 1.94. The van der Waals surface area contributed by atoms with E-state index >= 15 is 0 Å². The summed E-state index contributed by atoms with van der Waals surface area (Å²) >= 11 is 0. The molecule has 0 aliphatic carbocycles. The molecular formula is C13H18N4. The predicted molar refractivity (Wildman–Crippen MR) is 71.0 cm³/mol. The molecule has 4 nitrogen and oxygen atoms in total. The fraction of sp³-hybridized carbons (Fsp3) is 0.308. The highest BCUT2D eigenvalue weighted by Crippen LogP contribution is 2.17. The van der Waals surface area contributed by atoms with Gasteiger partial charge in [-0.1, -0.05) is 6.07 Å². The second kappa shape index (κ2) is 5.39. The maximum Gasteiger partial charge on any atom is 0.0584 e. The first kappa shape index (κ1) is 11.5. The van der Waals surface area contributed by atoms with Gasteiger partial charge in [-0.15, -0.1) is 0 Å². The van der Waals surface area contributed by atoms with Gasteiger partial charge < -0.3 is 10.6 Å². The molecule has 1 aromatic heterocycles. The lowest BCUT2D eigenvalue weighted by Gasteiger charge is -2.23. The van der Waals surface area contributed by atoms with E-state index in [9.17, 15) is 0 Å². The largest absolute Gasteiger partial charge is 0.399 e. The molecule has 0 unspecified atom stereocenters. The molecule has 17 heavy (non-hydrogen) atoms. The number of benzene rings is 1. The molecular weight excluding hydrogens is 212 g/mol. The SMILES string of the molecule is CCN(CCn1cccn1)c1cccc(N)c1. The van der Waals surface area contributed by atoms with Crippen LogP contribution in [0.25, 0.3) is 0 Å². The first-order valence-corrected chi connectivity index (χ1v) is 5.87. The van der Waals surface area contributed by atoms with Crippen molar-refractivity contribution >= 4 is 11.4 Å². The van der Waals surface area contributed by atoms with Gasteiger partial charge >= 0.3 is 0 Å². The minimum Gasteiger partial charge on any atom is -0.399 e. The molecule has 0 amide bonds. The van der Waals surface area contributed by atoms with Crippen LogP contribution in [-0.4, -0.2) is 22.9 Å². The molecule has 0 saturated carbocycles. The number of hydrogen-bond donors (Lipinski definition) is 1. The van der Waals surface area contributed by atoms with Gasteiger partial charge in [0.05, 0.1) is 6.54 Å². The van der Waals surface area contributed by atoms with E-state index in [1.54, 1.807) is 6.20 Å². The number of nitrogens with zero attached hydrogens (tertiary/aromatic N) is 3. The average Bonchev–Trinajstić information content (AvgIpc) is 2.83. The topological polar surface area (TPSA) is 47.1 Å². The monoisotopic (exact) mass is 230 g/mol. The van der Waals surface area contributed by atoms with E-state index in [1.165, 1.54) is 5.69 Å². The summed E-state index contributed by atoms with van der Waals surface area (Å²) in [5.74, 6) is 0. The van der Waals surface area contributed by atoms with Crippen LogP contribution in [0.1, 0.15) is 6.92 Å². The molecule has 0 bridgehead atoms. The van der Waals surface area contributed by atoms with Gasteiger partial charge in [-0.05, 0) is 31.2 Å². The fourth-order valence-electron chi connectivity index (χ4n) is 1.85. The van der Waals surface area contributed by atoms with E-state index in [-0.39, 0.29) is 0 Å². The van der Waals surface area contributed by atoms with Crippen LogP contribution in [0.5, 0.6) is 0 Å². The Morgan fingerprint density at radius 1 is 1.35 bits per heavy atom. The first-order chi connectivity index (χ1) is 8.29. The number of nitrogens with two attached hydrogens (primary N) is 1. The Bertz CT molecular complexity index is 450. The lowest BCUT2D eigenvalue weighted by atomic mass is 10.2. The van der Waals surface area contributed by atoms with E-state index in [2.05, 4.69) is 23.0 Å². The van der Waals surface area contributed by atoms with Crippen LogP contribution in [0.3, 0.4) is 0 Å². The molecule has 0 fully saturated rings. The molecule has 2 aromatic rings. The Labute approximate surface area is 102 Å². The molecule has 0 radical (unpaired) electrons. The van der Waals surface area contributed by atoms with E-state index < -0.39 is 0 Å². The summed E-state index contributed by atoms with van der Waals surface area (Å²) in [5, 5.41) is 4.20. The molecule has 4 heteroatoms.